The first-order valence-electron chi connectivity index (χ1n) is 5.93. The molecule has 0 aliphatic heterocycles. The molecule has 0 atom stereocenters. The van der Waals surface area contributed by atoms with E-state index >= 15 is 0 Å². The van der Waals surface area contributed by atoms with E-state index in [2.05, 4.69) is 14.7 Å². The van der Waals surface area contributed by atoms with E-state index < -0.39 is 10.0 Å². The van der Waals surface area contributed by atoms with E-state index in [1.54, 1.807) is 12.4 Å². The van der Waals surface area contributed by atoms with Gasteiger partial charge in [0.25, 0.3) is 0 Å². The average molecular weight is 297 g/mol. The van der Waals surface area contributed by atoms with Crippen molar-refractivity contribution < 1.29 is 8.42 Å². The summed E-state index contributed by atoms with van der Waals surface area (Å²) in [4.78, 5) is 8.36. The molecular weight excluding hydrogens is 282 g/mol. The molecule has 0 fully saturated rings. The number of aromatic nitrogens is 2. The Labute approximate surface area is 116 Å². The molecule has 2 aromatic rings. The predicted octanol–water partition coefficient (Wildman–Crippen LogP) is 2.03. The summed E-state index contributed by atoms with van der Waals surface area (Å²) in [5, 5.41) is 2.67. The molecule has 0 amide bonds. The normalized spacial score (nSPS) is 11.6. The Bertz CT molecular complexity index is 623. The third-order valence-corrected chi connectivity index (χ3v) is 4.82. The van der Waals surface area contributed by atoms with Crippen molar-refractivity contribution in [2.24, 2.45) is 0 Å². The van der Waals surface area contributed by atoms with E-state index in [4.69, 9.17) is 0 Å². The predicted molar refractivity (Wildman–Crippen MR) is 76.3 cm³/mol. The number of nitrogens with one attached hydrogen (secondary N) is 1. The highest BCUT2D eigenvalue weighted by molar-refractivity contribution is 7.89. The smallest absolute Gasteiger partial charge is 0.211 e. The first-order chi connectivity index (χ1) is 9.11. The third-order valence-electron chi connectivity index (χ3n) is 2.44. The quantitative estimate of drug-likeness (QED) is 0.885. The number of pyridine rings is 1. The van der Waals surface area contributed by atoms with Crippen LogP contribution in [-0.4, -0.2) is 24.1 Å². The second-order valence-electron chi connectivity index (χ2n) is 4.00. The minimum Gasteiger partial charge on any atom is -0.265 e. The Kier molecular flexibility index (Phi) is 4.62. The van der Waals surface area contributed by atoms with E-state index in [1.165, 1.54) is 11.3 Å². The zero-order valence-corrected chi connectivity index (χ0v) is 12.2. The van der Waals surface area contributed by atoms with Crippen LogP contribution in [0.5, 0.6) is 0 Å². The standard InChI is InChI=1S/C12H15N3O2S2/c1-2-7-19(16,17)14-8-12-15-11(9-18-12)10-3-5-13-6-4-10/h3-6,9,14H,2,7-8H2,1H3. The summed E-state index contributed by atoms with van der Waals surface area (Å²) < 4.78 is 25.6. The molecule has 0 aromatic carbocycles. The van der Waals surface area contributed by atoms with Gasteiger partial charge in [-0.15, -0.1) is 11.3 Å². The third kappa shape index (κ3) is 4.09. The lowest BCUT2D eigenvalue weighted by Crippen LogP contribution is -2.25. The van der Waals surface area contributed by atoms with Crippen molar-refractivity contribution >= 4 is 21.4 Å². The van der Waals surface area contributed by atoms with Crippen molar-refractivity contribution in [3.05, 3.63) is 34.9 Å². The number of hydrogen-bond donors (Lipinski definition) is 1. The SMILES string of the molecule is CCCS(=O)(=O)NCc1nc(-c2ccncc2)cs1. The Morgan fingerprint density at radius 2 is 2.05 bits per heavy atom. The Morgan fingerprint density at radius 3 is 2.74 bits per heavy atom. The molecule has 102 valence electrons. The van der Waals surface area contributed by atoms with Gasteiger partial charge in [0.15, 0.2) is 0 Å². The van der Waals surface area contributed by atoms with Gasteiger partial charge >= 0.3 is 0 Å². The molecule has 0 aliphatic carbocycles. The molecule has 2 heterocycles. The maximum absolute atomic E-state index is 11.5. The fraction of sp³-hybridized carbons (Fsp3) is 0.333. The van der Waals surface area contributed by atoms with Crippen molar-refractivity contribution in [3.63, 3.8) is 0 Å². The number of hydrogen-bond acceptors (Lipinski definition) is 5. The molecule has 0 bridgehead atoms. The summed E-state index contributed by atoms with van der Waals surface area (Å²) in [6.45, 7) is 2.09. The maximum atomic E-state index is 11.5. The highest BCUT2D eigenvalue weighted by atomic mass is 32.2. The Balaban J connectivity index is 2.03. The number of nitrogens with zero attached hydrogens (tertiary/aromatic N) is 2. The largest absolute Gasteiger partial charge is 0.265 e. The summed E-state index contributed by atoms with van der Waals surface area (Å²) in [5.74, 6) is 0.148. The van der Waals surface area contributed by atoms with Gasteiger partial charge in [0.2, 0.25) is 10.0 Å². The van der Waals surface area contributed by atoms with Crippen LogP contribution in [0.25, 0.3) is 11.3 Å². The molecule has 1 N–H and O–H groups in total. The first kappa shape index (κ1) is 14.1. The van der Waals surface area contributed by atoms with E-state index in [0.29, 0.717) is 6.42 Å². The lowest BCUT2D eigenvalue weighted by atomic mass is 10.2. The zero-order valence-electron chi connectivity index (χ0n) is 10.5. The van der Waals surface area contributed by atoms with Crippen molar-refractivity contribution in [2.75, 3.05) is 5.75 Å². The van der Waals surface area contributed by atoms with E-state index in [-0.39, 0.29) is 12.3 Å². The van der Waals surface area contributed by atoms with Crippen LogP contribution >= 0.6 is 11.3 Å². The molecule has 7 heteroatoms. The monoisotopic (exact) mass is 297 g/mol. The molecule has 0 radical (unpaired) electrons. The minimum absolute atomic E-state index is 0.148. The van der Waals surface area contributed by atoms with E-state index in [0.717, 1.165) is 16.3 Å². The minimum atomic E-state index is -3.18. The number of thiazole rings is 1. The molecule has 0 aliphatic rings. The van der Waals surface area contributed by atoms with Gasteiger partial charge in [-0.2, -0.15) is 0 Å². The zero-order chi connectivity index (χ0) is 13.7. The van der Waals surface area contributed by atoms with Gasteiger partial charge < -0.3 is 0 Å². The van der Waals surface area contributed by atoms with Crippen LogP contribution in [0.1, 0.15) is 18.4 Å². The van der Waals surface area contributed by atoms with Gasteiger partial charge in [-0.05, 0) is 18.6 Å². The Hall–Kier alpha value is -1.31. The summed E-state index contributed by atoms with van der Waals surface area (Å²) in [6.07, 6.45) is 4.02. The fourth-order valence-electron chi connectivity index (χ4n) is 1.56. The van der Waals surface area contributed by atoms with E-state index in [1.807, 2.05) is 24.4 Å². The van der Waals surface area contributed by atoms with Gasteiger partial charge in [-0.1, -0.05) is 6.92 Å². The Morgan fingerprint density at radius 1 is 1.32 bits per heavy atom. The average Bonchev–Trinajstić information content (AvgIpc) is 2.86. The number of rotatable bonds is 6. The van der Waals surface area contributed by atoms with Crippen LogP contribution in [0.3, 0.4) is 0 Å². The van der Waals surface area contributed by atoms with Gasteiger partial charge in [0.05, 0.1) is 18.0 Å². The molecule has 0 spiro atoms. The van der Waals surface area contributed by atoms with Gasteiger partial charge in [-0.25, -0.2) is 18.1 Å². The van der Waals surface area contributed by atoms with Gasteiger partial charge in [0.1, 0.15) is 5.01 Å². The molecule has 0 saturated carbocycles. The van der Waals surface area contributed by atoms with Crippen molar-refractivity contribution in [1.29, 1.82) is 0 Å². The first-order valence-corrected chi connectivity index (χ1v) is 8.46. The second-order valence-corrected chi connectivity index (χ2v) is 6.87. The lowest BCUT2D eigenvalue weighted by Gasteiger charge is -2.02. The summed E-state index contributed by atoms with van der Waals surface area (Å²) in [6, 6.07) is 3.75. The van der Waals surface area contributed by atoms with Crippen LogP contribution in [0, 0.1) is 0 Å². The topological polar surface area (TPSA) is 72.0 Å². The highest BCUT2D eigenvalue weighted by Gasteiger charge is 2.10. The summed E-state index contributed by atoms with van der Waals surface area (Å²) in [7, 11) is -3.18. The fourth-order valence-corrected chi connectivity index (χ4v) is 3.43. The molecule has 5 nitrogen and oxygen atoms in total. The van der Waals surface area contributed by atoms with Crippen molar-refractivity contribution in [2.45, 2.75) is 19.9 Å². The van der Waals surface area contributed by atoms with Crippen LogP contribution in [-0.2, 0) is 16.6 Å². The number of sulfonamides is 1. The van der Waals surface area contributed by atoms with E-state index in [9.17, 15) is 8.42 Å². The molecule has 19 heavy (non-hydrogen) atoms. The molecule has 2 rings (SSSR count). The molecule has 0 saturated heterocycles. The molecule has 0 unspecified atom stereocenters. The molecular formula is C12H15N3O2S2. The summed E-state index contributed by atoms with van der Waals surface area (Å²) in [5.41, 5.74) is 1.83. The van der Waals surface area contributed by atoms with Crippen LogP contribution in [0.15, 0.2) is 29.9 Å². The molecule has 2 aromatic heterocycles. The van der Waals surface area contributed by atoms with Crippen molar-refractivity contribution in [3.8, 4) is 11.3 Å². The van der Waals surface area contributed by atoms with Crippen LogP contribution in [0.4, 0.5) is 0 Å². The highest BCUT2D eigenvalue weighted by Crippen LogP contribution is 2.20. The van der Waals surface area contributed by atoms with Crippen LogP contribution in [0.2, 0.25) is 0 Å². The van der Waals surface area contributed by atoms with Gasteiger partial charge in [0, 0.05) is 23.3 Å². The maximum Gasteiger partial charge on any atom is 0.211 e. The van der Waals surface area contributed by atoms with Gasteiger partial charge in [-0.3, -0.25) is 4.98 Å². The van der Waals surface area contributed by atoms with Crippen molar-refractivity contribution in [1.82, 2.24) is 14.7 Å². The second kappa shape index (κ2) is 6.23. The summed E-state index contributed by atoms with van der Waals surface area (Å²) >= 11 is 1.44. The lowest BCUT2D eigenvalue weighted by molar-refractivity contribution is 0.580. The van der Waals surface area contributed by atoms with Crippen LogP contribution < -0.4 is 4.72 Å².